The fraction of sp³-hybridized carbons (Fsp3) is 0.345. The molecular formula is C29H31FN2O. The third-order valence-electron chi connectivity index (χ3n) is 7.14. The number of nitrogens with one attached hydrogen (secondary N) is 1. The third kappa shape index (κ3) is 4.27. The molecule has 2 aliphatic rings. The van der Waals surface area contributed by atoms with Crippen LogP contribution in [0.25, 0.3) is 0 Å². The highest BCUT2D eigenvalue weighted by Gasteiger charge is 2.35. The molecule has 0 radical (unpaired) electrons. The van der Waals surface area contributed by atoms with E-state index in [1.165, 1.54) is 22.9 Å². The Labute approximate surface area is 195 Å². The average Bonchev–Trinajstić information content (AvgIpc) is 2.85. The molecule has 33 heavy (non-hydrogen) atoms. The molecule has 0 fully saturated rings. The Morgan fingerprint density at radius 3 is 2.27 bits per heavy atom. The van der Waals surface area contributed by atoms with Gasteiger partial charge < -0.3 is 10.2 Å². The van der Waals surface area contributed by atoms with Crippen molar-refractivity contribution in [1.82, 2.24) is 5.32 Å². The van der Waals surface area contributed by atoms with Gasteiger partial charge in [0.15, 0.2) is 0 Å². The van der Waals surface area contributed by atoms with E-state index < -0.39 is 0 Å². The van der Waals surface area contributed by atoms with Crippen LogP contribution >= 0.6 is 0 Å². The molecule has 1 amide bonds. The first-order chi connectivity index (χ1) is 16.2. The predicted molar refractivity (Wildman–Crippen MR) is 132 cm³/mol. The maximum absolute atomic E-state index is 14.1. The molecule has 3 aromatic rings. The van der Waals surface area contributed by atoms with Gasteiger partial charge in [-0.3, -0.25) is 4.79 Å². The minimum atomic E-state index is -0.209. The minimum absolute atomic E-state index is 0.0185. The second kappa shape index (κ2) is 9.38. The lowest BCUT2D eigenvalue weighted by Crippen LogP contribution is -2.38. The van der Waals surface area contributed by atoms with Gasteiger partial charge in [-0.25, -0.2) is 4.39 Å². The van der Waals surface area contributed by atoms with Gasteiger partial charge in [-0.2, -0.15) is 0 Å². The molecule has 3 nitrogen and oxygen atoms in total. The fourth-order valence-electron chi connectivity index (χ4n) is 5.51. The average molecular weight is 443 g/mol. The Hall–Kier alpha value is -3.14. The molecule has 2 atom stereocenters. The summed E-state index contributed by atoms with van der Waals surface area (Å²) in [6, 6.07) is 21.7. The second-order valence-corrected chi connectivity index (χ2v) is 9.25. The van der Waals surface area contributed by atoms with Crippen LogP contribution in [0.3, 0.4) is 0 Å². The number of carbonyl (C=O) groups is 1. The van der Waals surface area contributed by atoms with Crippen LogP contribution in [0.1, 0.15) is 77.1 Å². The molecule has 170 valence electrons. The number of hydrogen-bond acceptors (Lipinski definition) is 2. The van der Waals surface area contributed by atoms with Crippen LogP contribution in [-0.4, -0.2) is 25.5 Å². The lowest BCUT2D eigenvalue weighted by molar-refractivity contribution is 0.0953. The zero-order valence-electron chi connectivity index (χ0n) is 19.2. The van der Waals surface area contributed by atoms with Gasteiger partial charge in [0.1, 0.15) is 5.82 Å². The van der Waals surface area contributed by atoms with E-state index in [4.69, 9.17) is 0 Å². The maximum Gasteiger partial charge on any atom is 0.251 e. The first-order valence-corrected chi connectivity index (χ1v) is 12.2. The molecule has 0 aliphatic carbocycles. The molecule has 2 heterocycles. The maximum atomic E-state index is 14.1. The number of amides is 1. The van der Waals surface area contributed by atoms with Crippen molar-refractivity contribution in [2.75, 3.05) is 24.5 Å². The van der Waals surface area contributed by atoms with Crippen LogP contribution in [0.2, 0.25) is 0 Å². The van der Waals surface area contributed by atoms with Gasteiger partial charge in [-0.05, 0) is 65.8 Å². The highest BCUT2D eigenvalue weighted by Crippen LogP contribution is 2.48. The molecule has 0 saturated carbocycles. The largest absolute Gasteiger partial charge is 0.371 e. The van der Waals surface area contributed by atoms with E-state index in [0.717, 1.165) is 49.9 Å². The summed E-state index contributed by atoms with van der Waals surface area (Å²) in [6.45, 7) is 4.75. The van der Waals surface area contributed by atoms with Gasteiger partial charge in [-0.1, -0.05) is 55.8 Å². The van der Waals surface area contributed by atoms with Crippen LogP contribution in [0.5, 0.6) is 0 Å². The predicted octanol–water partition coefficient (Wildman–Crippen LogP) is 6.23. The lowest BCUT2D eigenvalue weighted by atomic mass is 9.76. The number of rotatable bonds is 6. The van der Waals surface area contributed by atoms with Crippen molar-refractivity contribution in [2.24, 2.45) is 0 Å². The van der Waals surface area contributed by atoms with E-state index in [0.29, 0.717) is 12.1 Å². The highest BCUT2D eigenvalue weighted by atomic mass is 19.1. The summed E-state index contributed by atoms with van der Waals surface area (Å²) in [5.41, 5.74) is 6.63. The van der Waals surface area contributed by atoms with Gasteiger partial charge in [0.2, 0.25) is 0 Å². The SMILES string of the molecule is CCCCNC(=O)c1cc2c3c(c1)C(c1cccc(F)c1)CCN3CCC2c1ccccc1. The quantitative estimate of drug-likeness (QED) is 0.459. The molecule has 3 aromatic carbocycles. The zero-order chi connectivity index (χ0) is 22.8. The molecular weight excluding hydrogens is 411 g/mol. The van der Waals surface area contributed by atoms with E-state index in [2.05, 4.69) is 53.5 Å². The molecule has 5 rings (SSSR count). The number of anilines is 1. The summed E-state index contributed by atoms with van der Waals surface area (Å²) in [7, 11) is 0. The molecule has 0 saturated heterocycles. The van der Waals surface area contributed by atoms with Crippen LogP contribution < -0.4 is 10.2 Å². The molecule has 0 spiro atoms. The van der Waals surface area contributed by atoms with E-state index in [9.17, 15) is 9.18 Å². The fourth-order valence-corrected chi connectivity index (χ4v) is 5.51. The smallest absolute Gasteiger partial charge is 0.251 e. The topological polar surface area (TPSA) is 32.3 Å². The van der Waals surface area contributed by atoms with Crippen molar-refractivity contribution in [3.63, 3.8) is 0 Å². The van der Waals surface area contributed by atoms with Crippen molar-refractivity contribution in [1.29, 1.82) is 0 Å². The van der Waals surface area contributed by atoms with Crippen LogP contribution in [-0.2, 0) is 0 Å². The van der Waals surface area contributed by atoms with Crippen molar-refractivity contribution in [3.8, 4) is 0 Å². The number of nitrogens with zero attached hydrogens (tertiary/aromatic N) is 1. The summed E-state index contributed by atoms with van der Waals surface area (Å²) in [5.74, 6) is 0.115. The van der Waals surface area contributed by atoms with Crippen molar-refractivity contribution in [3.05, 3.63) is 100 Å². The van der Waals surface area contributed by atoms with E-state index in [1.807, 2.05) is 12.1 Å². The third-order valence-corrected chi connectivity index (χ3v) is 7.14. The Morgan fingerprint density at radius 2 is 1.61 bits per heavy atom. The van der Waals surface area contributed by atoms with Crippen LogP contribution in [0.15, 0.2) is 66.7 Å². The Kier molecular flexibility index (Phi) is 6.17. The van der Waals surface area contributed by atoms with Gasteiger partial charge in [0.25, 0.3) is 5.91 Å². The van der Waals surface area contributed by atoms with Crippen LogP contribution in [0, 0.1) is 5.82 Å². The molecule has 4 heteroatoms. The van der Waals surface area contributed by atoms with Crippen LogP contribution in [0.4, 0.5) is 10.1 Å². The number of carbonyl (C=O) groups excluding carboxylic acids is 1. The van der Waals surface area contributed by atoms with E-state index in [1.54, 1.807) is 12.1 Å². The monoisotopic (exact) mass is 442 g/mol. The molecule has 0 bridgehead atoms. The number of hydrogen-bond donors (Lipinski definition) is 1. The second-order valence-electron chi connectivity index (χ2n) is 9.25. The summed E-state index contributed by atoms with van der Waals surface area (Å²) in [6.07, 6.45) is 3.97. The summed E-state index contributed by atoms with van der Waals surface area (Å²) in [4.78, 5) is 15.6. The molecule has 2 unspecified atom stereocenters. The number of halogens is 1. The Balaban J connectivity index is 1.64. The first kappa shape index (κ1) is 21.7. The normalized spacial score (nSPS) is 19.2. The van der Waals surface area contributed by atoms with Gasteiger partial charge in [0, 0.05) is 42.7 Å². The van der Waals surface area contributed by atoms with Crippen molar-refractivity contribution in [2.45, 2.75) is 44.4 Å². The standard InChI is InChI=1S/C29H31FN2O/c1-2-3-14-31-29(33)22-18-26-24(20-8-5-4-6-9-20)12-15-32-16-13-25(27(19-22)28(26)32)21-10-7-11-23(30)17-21/h4-11,17-19,24-25H,2-3,12-16H2,1H3,(H,31,33). The zero-order valence-corrected chi connectivity index (χ0v) is 19.2. The van der Waals surface area contributed by atoms with Gasteiger partial charge in [-0.15, -0.1) is 0 Å². The molecule has 2 aliphatic heterocycles. The summed E-state index contributed by atoms with van der Waals surface area (Å²) >= 11 is 0. The van der Waals surface area contributed by atoms with E-state index in [-0.39, 0.29) is 23.6 Å². The van der Waals surface area contributed by atoms with E-state index >= 15 is 0 Å². The van der Waals surface area contributed by atoms with Crippen molar-refractivity contribution < 1.29 is 9.18 Å². The number of unbranched alkanes of at least 4 members (excludes halogenated alkanes) is 1. The van der Waals surface area contributed by atoms with Gasteiger partial charge in [0.05, 0.1) is 0 Å². The first-order valence-electron chi connectivity index (χ1n) is 12.2. The Morgan fingerprint density at radius 1 is 0.939 bits per heavy atom. The minimum Gasteiger partial charge on any atom is -0.371 e. The Bertz CT molecular complexity index is 1140. The summed E-state index contributed by atoms with van der Waals surface area (Å²) < 4.78 is 14.1. The molecule has 0 aromatic heterocycles. The molecule has 1 N–H and O–H groups in total. The van der Waals surface area contributed by atoms with Crippen molar-refractivity contribution >= 4 is 11.6 Å². The summed E-state index contributed by atoms with van der Waals surface area (Å²) in [5, 5.41) is 3.09. The highest BCUT2D eigenvalue weighted by molar-refractivity contribution is 5.96. The lowest BCUT2D eigenvalue weighted by Gasteiger charge is -2.43. The van der Waals surface area contributed by atoms with Gasteiger partial charge >= 0.3 is 0 Å². The number of benzene rings is 3.